The van der Waals surface area contributed by atoms with E-state index >= 15 is 0 Å². The van der Waals surface area contributed by atoms with Crippen LogP contribution in [0.2, 0.25) is 0 Å². The lowest BCUT2D eigenvalue weighted by atomic mass is 10.2. The van der Waals surface area contributed by atoms with E-state index in [1.807, 2.05) is 0 Å². The predicted molar refractivity (Wildman–Crippen MR) is 97.1 cm³/mol. The Bertz CT molecular complexity index is 991. The molecular formula is C20H14FN3O3. The molecule has 3 aromatic rings. The summed E-state index contributed by atoms with van der Waals surface area (Å²) in [6.07, 6.45) is 4.43. The van der Waals surface area contributed by atoms with E-state index in [1.54, 1.807) is 36.4 Å². The monoisotopic (exact) mass is 363 g/mol. The molecule has 134 valence electrons. The number of benzene rings is 2. The van der Waals surface area contributed by atoms with Gasteiger partial charge < -0.3 is 4.74 Å². The summed E-state index contributed by atoms with van der Waals surface area (Å²) in [4.78, 5) is 27.8. The highest BCUT2D eigenvalue weighted by Gasteiger charge is 2.09. The Kier molecular flexibility index (Phi) is 5.64. The molecule has 3 rings (SSSR count). The lowest BCUT2D eigenvalue weighted by Crippen LogP contribution is -2.17. The van der Waals surface area contributed by atoms with E-state index in [1.165, 1.54) is 36.8 Å². The zero-order valence-corrected chi connectivity index (χ0v) is 14.0. The Morgan fingerprint density at radius 2 is 1.78 bits per heavy atom. The summed E-state index contributed by atoms with van der Waals surface area (Å²) < 4.78 is 18.4. The fourth-order valence-corrected chi connectivity index (χ4v) is 2.17. The standard InChI is InChI=1S/C20H14FN3O3/c21-17-5-2-4-16(12-17)20(26)27-18-6-1-3-14(11-18)13-23-24-19(25)15-7-9-22-10-8-15/h1-13H,(H,24,25). The van der Waals surface area contributed by atoms with Crippen LogP contribution in [-0.2, 0) is 0 Å². The lowest BCUT2D eigenvalue weighted by molar-refractivity contribution is 0.0734. The SMILES string of the molecule is O=C(NN=Cc1cccc(OC(=O)c2cccc(F)c2)c1)c1ccncc1. The molecule has 7 heteroatoms. The molecule has 0 radical (unpaired) electrons. The summed E-state index contributed by atoms with van der Waals surface area (Å²) in [6, 6.07) is 14.9. The number of nitrogens with one attached hydrogen (secondary N) is 1. The van der Waals surface area contributed by atoms with Crippen LogP contribution in [0.1, 0.15) is 26.3 Å². The lowest BCUT2D eigenvalue weighted by Gasteiger charge is -2.05. The predicted octanol–water partition coefficient (Wildman–Crippen LogP) is 3.20. The van der Waals surface area contributed by atoms with Crippen LogP contribution >= 0.6 is 0 Å². The number of hydrogen-bond acceptors (Lipinski definition) is 5. The van der Waals surface area contributed by atoms with Gasteiger partial charge in [-0.25, -0.2) is 14.6 Å². The largest absolute Gasteiger partial charge is 0.423 e. The van der Waals surface area contributed by atoms with Crippen molar-refractivity contribution in [3.05, 3.63) is 95.6 Å². The van der Waals surface area contributed by atoms with Crippen LogP contribution < -0.4 is 10.2 Å². The third-order valence-corrected chi connectivity index (χ3v) is 3.45. The maximum absolute atomic E-state index is 13.2. The third-order valence-electron chi connectivity index (χ3n) is 3.45. The zero-order valence-electron chi connectivity index (χ0n) is 14.0. The second kappa shape index (κ2) is 8.48. The topological polar surface area (TPSA) is 80.6 Å². The van der Waals surface area contributed by atoms with Crippen LogP contribution in [0.15, 0.2) is 78.2 Å². The second-order valence-electron chi connectivity index (χ2n) is 5.41. The first-order valence-corrected chi connectivity index (χ1v) is 7.93. The molecule has 2 aromatic carbocycles. The van der Waals surface area contributed by atoms with Crippen LogP contribution in [-0.4, -0.2) is 23.1 Å². The maximum atomic E-state index is 13.2. The highest BCUT2D eigenvalue weighted by atomic mass is 19.1. The molecule has 0 atom stereocenters. The van der Waals surface area contributed by atoms with Crippen molar-refractivity contribution in [3.8, 4) is 5.75 Å². The summed E-state index contributed by atoms with van der Waals surface area (Å²) in [5.41, 5.74) is 3.54. The number of nitrogens with zero attached hydrogens (tertiary/aromatic N) is 2. The molecule has 0 aliphatic heterocycles. The molecule has 1 N–H and O–H groups in total. The normalized spacial score (nSPS) is 10.6. The van der Waals surface area contributed by atoms with E-state index < -0.39 is 11.8 Å². The first kappa shape index (κ1) is 17.9. The van der Waals surface area contributed by atoms with Gasteiger partial charge in [0.05, 0.1) is 11.8 Å². The quantitative estimate of drug-likeness (QED) is 0.327. The van der Waals surface area contributed by atoms with Crippen molar-refractivity contribution in [1.29, 1.82) is 0 Å². The highest BCUT2D eigenvalue weighted by Crippen LogP contribution is 2.15. The van der Waals surface area contributed by atoms with Crippen molar-refractivity contribution in [3.63, 3.8) is 0 Å². The van der Waals surface area contributed by atoms with Crippen molar-refractivity contribution in [1.82, 2.24) is 10.4 Å². The number of pyridine rings is 1. The molecular weight excluding hydrogens is 349 g/mol. The van der Waals surface area contributed by atoms with E-state index in [-0.39, 0.29) is 17.2 Å². The van der Waals surface area contributed by atoms with Gasteiger partial charge in [0.25, 0.3) is 5.91 Å². The summed E-state index contributed by atoms with van der Waals surface area (Å²) in [6.45, 7) is 0. The van der Waals surface area contributed by atoms with Gasteiger partial charge in [0.15, 0.2) is 0 Å². The fourth-order valence-electron chi connectivity index (χ4n) is 2.17. The van der Waals surface area contributed by atoms with Gasteiger partial charge in [-0.05, 0) is 48.0 Å². The van der Waals surface area contributed by atoms with Gasteiger partial charge in [-0.1, -0.05) is 18.2 Å². The Balaban J connectivity index is 1.63. The number of amides is 1. The van der Waals surface area contributed by atoms with Crippen LogP contribution in [0.5, 0.6) is 5.75 Å². The molecule has 0 fully saturated rings. The molecule has 1 aromatic heterocycles. The van der Waals surface area contributed by atoms with Gasteiger partial charge in [-0.3, -0.25) is 9.78 Å². The highest BCUT2D eigenvalue weighted by molar-refractivity contribution is 5.95. The summed E-state index contributed by atoms with van der Waals surface area (Å²) in [5, 5.41) is 3.87. The Labute approximate surface area is 154 Å². The van der Waals surface area contributed by atoms with Crippen LogP contribution in [0.25, 0.3) is 0 Å². The van der Waals surface area contributed by atoms with Crippen molar-refractivity contribution < 1.29 is 18.7 Å². The second-order valence-corrected chi connectivity index (χ2v) is 5.41. The number of aromatic nitrogens is 1. The van der Waals surface area contributed by atoms with E-state index in [9.17, 15) is 14.0 Å². The molecule has 1 amide bonds. The number of carbonyl (C=O) groups is 2. The van der Waals surface area contributed by atoms with Gasteiger partial charge >= 0.3 is 5.97 Å². The van der Waals surface area contributed by atoms with E-state index in [0.717, 1.165) is 6.07 Å². The van der Waals surface area contributed by atoms with Gasteiger partial charge in [-0.15, -0.1) is 0 Å². The van der Waals surface area contributed by atoms with Crippen molar-refractivity contribution in [2.45, 2.75) is 0 Å². The zero-order chi connectivity index (χ0) is 19.1. The Morgan fingerprint density at radius 1 is 1.00 bits per heavy atom. The molecule has 0 saturated carbocycles. The number of hydrazone groups is 1. The van der Waals surface area contributed by atoms with E-state index in [0.29, 0.717) is 11.1 Å². The van der Waals surface area contributed by atoms with Crippen molar-refractivity contribution in [2.75, 3.05) is 0 Å². The first-order valence-electron chi connectivity index (χ1n) is 7.93. The summed E-state index contributed by atoms with van der Waals surface area (Å²) in [7, 11) is 0. The molecule has 0 bridgehead atoms. The number of carbonyl (C=O) groups excluding carboxylic acids is 2. The van der Waals surface area contributed by atoms with Crippen LogP contribution in [0.3, 0.4) is 0 Å². The number of hydrogen-bond donors (Lipinski definition) is 1. The first-order chi connectivity index (χ1) is 13.1. The third kappa shape index (κ3) is 5.05. The molecule has 0 unspecified atom stereocenters. The average molecular weight is 363 g/mol. The maximum Gasteiger partial charge on any atom is 0.343 e. The molecule has 0 saturated heterocycles. The molecule has 0 spiro atoms. The number of esters is 1. The van der Waals surface area contributed by atoms with E-state index in [4.69, 9.17) is 4.74 Å². The van der Waals surface area contributed by atoms with Crippen LogP contribution in [0, 0.1) is 5.82 Å². The molecule has 6 nitrogen and oxygen atoms in total. The minimum Gasteiger partial charge on any atom is -0.423 e. The van der Waals surface area contributed by atoms with Crippen molar-refractivity contribution in [2.24, 2.45) is 5.10 Å². The van der Waals surface area contributed by atoms with Crippen LogP contribution in [0.4, 0.5) is 4.39 Å². The van der Waals surface area contributed by atoms with E-state index in [2.05, 4.69) is 15.5 Å². The molecule has 0 aliphatic carbocycles. The molecule has 0 aliphatic rings. The number of rotatable bonds is 5. The van der Waals surface area contributed by atoms with Gasteiger partial charge in [0.2, 0.25) is 0 Å². The average Bonchev–Trinajstić information content (AvgIpc) is 2.69. The summed E-state index contributed by atoms with van der Waals surface area (Å²) >= 11 is 0. The number of halogens is 1. The molecule has 1 heterocycles. The number of ether oxygens (including phenoxy) is 1. The summed E-state index contributed by atoms with van der Waals surface area (Å²) in [5.74, 6) is -1.29. The molecule has 27 heavy (non-hydrogen) atoms. The minimum atomic E-state index is -0.672. The smallest absolute Gasteiger partial charge is 0.343 e. The van der Waals surface area contributed by atoms with Gasteiger partial charge in [-0.2, -0.15) is 5.10 Å². The van der Waals surface area contributed by atoms with Gasteiger partial charge in [0.1, 0.15) is 11.6 Å². The van der Waals surface area contributed by atoms with Gasteiger partial charge in [0, 0.05) is 18.0 Å². The van der Waals surface area contributed by atoms with Crippen molar-refractivity contribution >= 4 is 18.1 Å². The Hall–Kier alpha value is -3.87. The Morgan fingerprint density at radius 3 is 2.56 bits per heavy atom. The fraction of sp³-hybridized carbons (Fsp3) is 0. The minimum absolute atomic E-state index is 0.110.